The van der Waals surface area contributed by atoms with Gasteiger partial charge >= 0.3 is 5.97 Å². The zero-order valence-corrected chi connectivity index (χ0v) is 16.0. The lowest BCUT2D eigenvalue weighted by molar-refractivity contribution is -0.384. The quantitative estimate of drug-likeness (QED) is 0.248. The SMILES string of the molecule is C[C@H](Sc1ccccc1)C(=O)O[C@H](C)c1nnc(-c2ccc([N+](=O)[O-])cc2)o1. The zero-order valence-electron chi connectivity index (χ0n) is 15.1. The molecule has 9 heteroatoms. The number of hydrogen-bond acceptors (Lipinski definition) is 8. The second-order valence-corrected chi connectivity index (χ2v) is 7.32. The van der Waals surface area contributed by atoms with Crippen molar-refractivity contribution in [2.45, 2.75) is 30.1 Å². The Morgan fingerprint density at radius 1 is 1.11 bits per heavy atom. The molecule has 3 rings (SSSR count). The molecule has 144 valence electrons. The van der Waals surface area contributed by atoms with Gasteiger partial charge in [0.05, 0.1) is 4.92 Å². The fourth-order valence-corrected chi connectivity index (χ4v) is 3.19. The third-order valence-corrected chi connectivity index (χ3v) is 4.88. The van der Waals surface area contributed by atoms with Crippen LogP contribution in [0.4, 0.5) is 5.69 Å². The molecule has 0 bridgehead atoms. The number of rotatable bonds is 7. The predicted octanol–water partition coefficient (Wildman–Crippen LogP) is 4.43. The highest BCUT2D eigenvalue weighted by Gasteiger charge is 2.23. The van der Waals surface area contributed by atoms with Crippen molar-refractivity contribution in [3.63, 3.8) is 0 Å². The van der Waals surface area contributed by atoms with E-state index < -0.39 is 22.2 Å². The first-order valence-corrected chi connectivity index (χ1v) is 9.32. The van der Waals surface area contributed by atoms with Crippen molar-refractivity contribution in [1.82, 2.24) is 10.2 Å². The lowest BCUT2D eigenvalue weighted by Crippen LogP contribution is -2.19. The summed E-state index contributed by atoms with van der Waals surface area (Å²) in [5, 5.41) is 18.1. The fourth-order valence-electron chi connectivity index (χ4n) is 2.31. The minimum atomic E-state index is -0.717. The number of benzene rings is 2. The molecule has 0 unspecified atom stereocenters. The molecule has 0 aliphatic carbocycles. The third kappa shape index (κ3) is 4.74. The average Bonchev–Trinajstić information content (AvgIpc) is 3.19. The third-order valence-electron chi connectivity index (χ3n) is 3.79. The number of non-ortho nitro benzene ring substituents is 1. The van der Waals surface area contributed by atoms with Crippen molar-refractivity contribution < 1.29 is 18.9 Å². The minimum absolute atomic E-state index is 0.0318. The Kier molecular flexibility index (Phi) is 6.05. The highest BCUT2D eigenvalue weighted by atomic mass is 32.2. The van der Waals surface area contributed by atoms with E-state index in [1.165, 1.54) is 36.0 Å². The molecule has 0 aliphatic rings. The Morgan fingerprint density at radius 3 is 2.43 bits per heavy atom. The van der Waals surface area contributed by atoms with Crippen molar-refractivity contribution in [2.24, 2.45) is 0 Å². The Morgan fingerprint density at radius 2 is 1.79 bits per heavy atom. The lowest BCUT2D eigenvalue weighted by Gasteiger charge is -2.14. The molecule has 0 saturated carbocycles. The second-order valence-electron chi connectivity index (χ2n) is 5.90. The van der Waals surface area contributed by atoms with E-state index in [1.807, 2.05) is 30.3 Å². The van der Waals surface area contributed by atoms with E-state index >= 15 is 0 Å². The molecule has 3 aromatic rings. The van der Waals surface area contributed by atoms with Gasteiger partial charge in [-0.2, -0.15) is 0 Å². The van der Waals surface area contributed by atoms with E-state index in [-0.39, 0.29) is 17.5 Å². The number of ether oxygens (including phenoxy) is 1. The monoisotopic (exact) mass is 399 g/mol. The standard InChI is InChI=1S/C19H17N3O5S/c1-12(26-19(23)13(2)28-16-6-4-3-5-7-16)17-20-21-18(27-17)14-8-10-15(11-9-14)22(24)25/h3-13H,1-2H3/t12-,13+/m1/s1. The highest BCUT2D eigenvalue weighted by Crippen LogP contribution is 2.27. The van der Waals surface area contributed by atoms with Crippen LogP contribution in [0, 0.1) is 10.1 Å². The molecule has 0 saturated heterocycles. The van der Waals surface area contributed by atoms with Gasteiger partial charge in [-0.05, 0) is 38.1 Å². The summed E-state index contributed by atoms with van der Waals surface area (Å²) in [6.07, 6.45) is -0.717. The first-order valence-electron chi connectivity index (χ1n) is 8.44. The number of nitro groups is 1. The van der Waals surface area contributed by atoms with Crippen LogP contribution in [0.2, 0.25) is 0 Å². The molecule has 1 heterocycles. The molecule has 0 spiro atoms. The zero-order chi connectivity index (χ0) is 20.1. The number of esters is 1. The van der Waals surface area contributed by atoms with Gasteiger partial charge in [-0.3, -0.25) is 14.9 Å². The van der Waals surface area contributed by atoms with Gasteiger partial charge in [0.1, 0.15) is 5.25 Å². The highest BCUT2D eigenvalue weighted by molar-refractivity contribution is 8.00. The van der Waals surface area contributed by atoms with Crippen LogP contribution in [-0.2, 0) is 9.53 Å². The van der Waals surface area contributed by atoms with Gasteiger partial charge in [0.25, 0.3) is 11.6 Å². The van der Waals surface area contributed by atoms with Gasteiger partial charge in [-0.15, -0.1) is 22.0 Å². The maximum Gasteiger partial charge on any atom is 0.319 e. The molecule has 0 aliphatic heterocycles. The molecule has 1 aromatic heterocycles. The smallest absolute Gasteiger partial charge is 0.319 e. The van der Waals surface area contributed by atoms with Gasteiger partial charge in [-0.25, -0.2) is 0 Å². The number of thioether (sulfide) groups is 1. The topological polar surface area (TPSA) is 108 Å². The van der Waals surface area contributed by atoms with Crippen molar-refractivity contribution >= 4 is 23.4 Å². The van der Waals surface area contributed by atoms with Crippen LogP contribution in [0.3, 0.4) is 0 Å². The van der Waals surface area contributed by atoms with Gasteiger partial charge < -0.3 is 9.15 Å². The van der Waals surface area contributed by atoms with Gasteiger partial charge in [0.2, 0.25) is 5.89 Å². The number of aromatic nitrogens is 2. The van der Waals surface area contributed by atoms with E-state index in [0.717, 1.165) is 4.90 Å². The van der Waals surface area contributed by atoms with E-state index in [1.54, 1.807) is 13.8 Å². The molecule has 0 fully saturated rings. The first-order chi connectivity index (χ1) is 13.4. The average molecular weight is 399 g/mol. The van der Waals surface area contributed by atoms with Gasteiger partial charge in [0.15, 0.2) is 6.10 Å². The molecule has 0 amide bonds. The van der Waals surface area contributed by atoms with Crippen molar-refractivity contribution in [2.75, 3.05) is 0 Å². The summed E-state index contributed by atoms with van der Waals surface area (Å²) in [4.78, 5) is 23.5. The summed E-state index contributed by atoms with van der Waals surface area (Å²) in [5.41, 5.74) is 0.506. The summed E-state index contributed by atoms with van der Waals surface area (Å²) in [6, 6.07) is 15.3. The van der Waals surface area contributed by atoms with E-state index in [4.69, 9.17) is 9.15 Å². The summed E-state index contributed by atoms with van der Waals surface area (Å²) in [5.74, 6) is -0.0467. The maximum atomic E-state index is 12.3. The van der Waals surface area contributed by atoms with Crippen molar-refractivity contribution in [1.29, 1.82) is 0 Å². The predicted molar refractivity (Wildman–Crippen MR) is 103 cm³/mol. The lowest BCUT2D eigenvalue weighted by atomic mass is 10.2. The molecule has 2 aromatic carbocycles. The number of hydrogen-bond donors (Lipinski definition) is 0. The molecule has 0 radical (unpaired) electrons. The van der Waals surface area contributed by atoms with Crippen LogP contribution in [-0.4, -0.2) is 26.3 Å². The summed E-state index contributed by atoms with van der Waals surface area (Å²) < 4.78 is 11.0. The number of carbonyl (C=O) groups excluding carboxylic acids is 1. The molecule has 0 N–H and O–H groups in total. The van der Waals surface area contributed by atoms with Crippen LogP contribution in [0.25, 0.3) is 11.5 Å². The Labute approximate surface area is 165 Å². The van der Waals surface area contributed by atoms with Crippen LogP contribution in [0.15, 0.2) is 63.9 Å². The summed E-state index contributed by atoms with van der Waals surface area (Å²) in [6.45, 7) is 3.41. The summed E-state index contributed by atoms with van der Waals surface area (Å²) >= 11 is 1.40. The first kappa shape index (κ1) is 19.6. The fraction of sp³-hybridized carbons (Fsp3) is 0.211. The normalized spacial score (nSPS) is 12.9. The number of nitro benzene ring substituents is 1. The molecular formula is C19H17N3O5S. The van der Waals surface area contributed by atoms with E-state index in [0.29, 0.717) is 5.56 Å². The van der Waals surface area contributed by atoms with Gasteiger partial charge in [-0.1, -0.05) is 18.2 Å². The maximum absolute atomic E-state index is 12.3. The summed E-state index contributed by atoms with van der Waals surface area (Å²) in [7, 11) is 0. The molecule has 2 atom stereocenters. The van der Waals surface area contributed by atoms with E-state index in [9.17, 15) is 14.9 Å². The minimum Gasteiger partial charge on any atom is -0.452 e. The number of nitrogens with zero attached hydrogens (tertiary/aromatic N) is 3. The Hall–Kier alpha value is -3.20. The van der Waals surface area contributed by atoms with Crippen LogP contribution in [0.5, 0.6) is 0 Å². The van der Waals surface area contributed by atoms with E-state index in [2.05, 4.69) is 10.2 Å². The molecule has 8 nitrogen and oxygen atoms in total. The largest absolute Gasteiger partial charge is 0.452 e. The Balaban J connectivity index is 1.62. The van der Waals surface area contributed by atoms with Crippen molar-refractivity contribution in [3.05, 3.63) is 70.6 Å². The molecule has 28 heavy (non-hydrogen) atoms. The van der Waals surface area contributed by atoms with Crippen molar-refractivity contribution in [3.8, 4) is 11.5 Å². The van der Waals surface area contributed by atoms with Crippen LogP contribution in [0.1, 0.15) is 25.8 Å². The molecular weight excluding hydrogens is 382 g/mol. The number of carbonyl (C=O) groups is 1. The van der Waals surface area contributed by atoms with Gasteiger partial charge in [0, 0.05) is 22.6 Å². The van der Waals surface area contributed by atoms with Crippen LogP contribution >= 0.6 is 11.8 Å². The second kappa shape index (κ2) is 8.66. The van der Waals surface area contributed by atoms with Crippen LogP contribution < -0.4 is 0 Å². The Bertz CT molecular complexity index is 959.